The first-order valence-electron chi connectivity index (χ1n) is 5.06. The second-order valence-electron chi connectivity index (χ2n) is 3.78. The van der Waals surface area contributed by atoms with Crippen LogP contribution in [0.3, 0.4) is 0 Å². The van der Waals surface area contributed by atoms with Crippen LogP contribution in [0, 0.1) is 0 Å². The number of aromatic nitrogens is 4. The molecule has 0 saturated carbocycles. The maximum absolute atomic E-state index is 5.72. The van der Waals surface area contributed by atoms with Crippen LogP contribution in [-0.2, 0) is 4.84 Å². The Morgan fingerprint density at radius 2 is 2.31 bits per heavy atom. The first kappa shape index (κ1) is 9.49. The predicted octanol–water partition coefficient (Wildman–Crippen LogP) is 0.174. The summed E-state index contributed by atoms with van der Waals surface area (Å²) in [6, 6.07) is 0. The van der Waals surface area contributed by atoms with Gasteiger partial charge in [-0.25, -0.2) is 15.0 Å². The smallest absolute Gasteiger partial charge is 0.167 e. The molecule has 2 aromatic rings. The minimum atomic E-state index is -0.0516. The van der Waals surface area contributed by atoms with E-state index in [0.717, 1.165) is 13.0 Å². The lowest BCUT2D eigenvalue weighted by Gasteiger charge is -2.12. The van der Waals surface area contributed by atoms with Crippen molar-refractivity contribution in [3.63, 3.8) is 0 Å². The van der Waals surface area contributed by atoms with Crippen LogP contribution in [0.15, 0.2) is 12.7 Å². The van der Waals surface area contributed by atoms with E-state index >= 15 is 0 Å². The number of hydrogen-bond donors (Lipinski definition) is 1. The number of imidazole rings is 1. The zero-order valence-electron chi connectivity index (χ0n) is 8.87. The zero-order chi connectivity index (χ0) is 11.1. The van der Waals surface area contributed by atoms with Gasteiger partial charge in [0.15, 0.2) is 17.7 Å². The number of rotatable bonds is 1. The standard InChI is InChI=1S/C9H12N6O/c1-14-3-2-6(16-14)15-5-13-7-8(10)11-4-12-9(7)15/h4-6H,2-3H2,1H3,(H2,10,11,12). The summed E-state index contributed by atoms with van der Waals surface area (Å²) in [4.78, 5) is 17.9. The molecular weight excluding hydrogens is 208 g/mol. The Labute approximate surface area is 91.8 Å². The normalized spacial score (nSPS) is 21.9. The Bertz CT molecular complexity index is 524. The molecule has 7 heteroatoms. The monoisotopic (exact) mass is 220 g/mol. The van der Waals surface area contributed by atoms with Crippen molar-refractivity contribution in [2.75, 3.05) is 19.3 Å². The first-order valence-corrected chi connectivity index (χ1v) is 5.06. The molecule has 84 valence electrons. The van der Waals surface area contributed by atoms with Gasteiger partial charge in [-0.1, -0.05) is 0 Å². The number of hydrogen-bond acceptors (Lipinski definition) is 6. The van der Waals surface area contributed by atoms with Crippen LogP contribution in [0.25, 0.3) is 11.2 Å². The lowest BCUT2D eigenvalue weighted by molar-refractivity contribution is -0.150. The van der Waals surface area contributed by atoms with E-state index in [0.29, 0.717) is 17.0 Å². The molecule has 3 heterocycles. The molecule has 0 aromatic carbocycles. The topological polar surface area (TPSA) is 82.1 Å². The van der Waals surface area contributed by atoms with Gasteiger partial charge in [0.05, 0.1) is 6.33 Å². The molecule has 2 aromatic heterocycles. The van der Waals surface area contributed by atoms with E-state index in [4.69, 9.17) is 10.6 Å². The summed E-state index contributed by atoms with van der Waals surface area (Å²) in [6.07, 6.45) is 3.99. The van der Waals surface area contributed by atoms with Crippen molar-refractivity contribution in [1.82, 2.24) is 24.6 Å². The minimum Gasteiger partial charge on any atom is -0.382 e. The third-order valence-electron chi connectivity index (χ3n) is 2.69. The largest absolute Gasteiger partial charge is 0.382 e. The van der Waals surface area contributed by atoms with Crippen LogP contribution >= 0.6 is 0 Å². The lowest BCUT2D eigenvalue weighted by atomic mass is 10.4. The summed E-state index contributed by atoms with van der Waals surface area (Å²) in [5, 5.41) is 1.81. The van der Waals surface area contributed by atoms with Crippen molar-refractivity contribution >= 4 is 17.0 Å². The summed E-state index contributed by atoms with van der Waals surface area (Å²) in [7, 11) is 1.91. The Hall–Kier alpha value is -1.73. The fourth-order valence-corrected chi connectivity index (χ4v) is 1.88. The van der Waals surface area contributed by atoms with Gasteiger partial charge in [-0.3, -0.25) is 9.40 Å². The first-order chi connectivity index (χ1) is 7.75. The number of anilines is 1. The SMILES string of the molecule is CN1CCC(n2cnc3c(N)ncnc32)O1. The highest BCUT2D eigenvalue weighted by Gasteiger charge is 2.24. The molecule has 16 heavy (non-hydrogen) atoms. The van der Waals surface area contributed by atoms with Gasteiger partial charge in [-0.15, -0.1) is 0 Å². The molecule has 1 aliphatic rings. The second-order valence-corrected chi connectivity index (χ2v) is 3.78. The van der Waals surface area contributed by atoms with Gasteiger partial charge in [-0.05, 0) is 0 Å². The van der Waals surface area contributed by atoms with E-state index in [-0.39, 0.29) is 6.23 Å². The van der Waals surface area contributed by atoms with Crippen LogP contribution in [-0.4, -0.2) is 38.2 Å². The van der Waals surface area contributed by atoms with Gasteiger partial charge < -0.3 is 5.73 Å². The van der Waals surface area contributed by atoms with E-state index in [1.807, 2.05) is 11.6 Å². The fourth-order valence-electron chi connectivity index (χ4n) is 1.88. The van der Waals surface area contributed by atoms with Crippen molar-refractivity contribution in [2.45, 2.75) is 12.6 Å². The van der Waals surface area contributed by atoms with Crippen molar-refractivity contribution < 1.29 is 4.84 Å². The molecule has 0 aliphatic carbocycles. The quantitative estimate of drug-likeness (QED) is 0.738. The van der Waals surface area contributed by atoms with Gasteiger partial charge >= 0.3 is 0 Å². The van der Waals surface area contributed by atoms with Gasteiger partial charge in [0.1, 0.15) is 11.8 Å². The predicted molar refractivity (Wildman–Crippen MR) is 57.1 cm³/mol. The Balaban J connectivity index is 2.08. The van der Waals surface area contributed by atoms with Gasteiger partial charge in [-0.2, -0.15) is 5.06 Å². The van der Waals surface area contributed by atoms with Crippen LogP contribution in [0.2, 0.25) is 0 Å². The van der Waals surface area contributed by atoms with E-state index in [1.54, 1.807) is 11.4 Å². The van der Waals surface area contributed by atoms with Gasteiger partial charge in [0, 0.05) is 20.0 Å². The molecule has 1 atom stereocenters. The molecule has 0 radical (unpaired) electrons. The van der Waals surface area contributed by atoms with E-state index in [9.17, 15) is 0 Å². The maximum atomic E-state index is 5.72. The highest BCUT2D eigenvalue weighted by Crippen LogP contribution is 2.26. The van der Waals surface area contributed by atoms with Crippen LogP contribution in [0.1, 0.15) is 12.6 Å². The molecule has 0 bridgehead atoms. The Morgan fingerprint density at radius 3 is 3.06 bits per heavy atom. The molecule has 3 rings (SSSR count). The molecule has 7 nitrogen and oxygen atoms in total. The average molecular weight is 220 g/mol. The van der Waals surface area contributed by atoms with Crippen LogP contribution in [0.4, 0.5) is 5.82 Å². The minimum absolute atomic E-state index is 0.0516. The van der Waals surface area contributed by atoms with E-state index in [2.05, 4.69) is 15.0 Å². The highest BCUT2D eigenvalue weighted by atomic mass is 16.7. The molecule has 0 amide bonds. The lowest BCUT2D eigenvalue weighted by Crippen LogP contribution is -2.13. The zero-order valence-corrected chi connectivity index (χ0v) is 8.87. The molecule has 1 unspecified atom stereocenters. The Morgan fingerprint density at radius 1 is 1.44 bits per heavy atom. The number of nitrogen functional groups attached to an aromatic ring is 1. The van der Waals surface area contributed by atoms with Crippen molar-refractivity contribution in [3.05, 3.63) is 12.7 Å². The van der Waals surface area contributed by atoms with E-state index < -0.39 is 0 Å². The number of fused-ring (bicyclic) bond motifs is 1. The van der Waals surface area contributed by atoms with Gasteiger partial charge in [0.25, 0.3) is 0 Å². The van der Waals surface area contributed by atoms with E-state index in [1.165, 1.54) is 6.33 Å². The fraction of sp³-hybridized carbons (Fsp3) is 0.444. The molecule has 2 N–H and O–H groups in total. The number of nitrogens with zero attached hydrogens (tertiary/aromatic N) is 5. The molecular formula is C9H12N6O. The highest BCUT2D eigenvalue weighted by molar-refractivity contribution is 5.81. The van der Waals surface area contributed by atoms with Crippen molar-refractivity contribution in [1.29, 1.82) is 0 Å². The summed E-state index contributed by atoms with van der Waals surface area (Å²) in [5.74, 6) is 0.398. The molecule has 0 spiro atoms. The summed E-state index contributed by atoms with van der Waals surface area (Å²) < 4.78 is 1.89. The molecule has 1 aliphatic heterocycles. The van der Waals surface area contributed by atoms with Crippen LogP contribution < -0.4 is 5.73 Å². The average Bonchev–Trinajstić information content (AvgIpc) is 2.84. The van der Waals surface area contributed by atoms with Gasteiger partial charge in [0.2, 0.25) is 0 Å². The summed E-state index contributed by atoms with van der Waals surface area (Å²) >= 11 is 0. The number of nitrogens with two attached hydrogens (primary N) is 1. The second kappa shape index (κ2) is 3.39. The third kappa shape index (κ3) is 1.33. The third-order valence-corrected chi connectivity index (χ3v) is 2.69. The van der Waals surface area contributed by atoms with Crippen molar-refractivity contribution in [2.24, 2.45) is 0 Å². The Kier molecular flexibility index (Phi) is 2.01. The number of hydroxylamine groups is 2. The summed E-state index contributed by atoms with van der Waals surface area (Å²) in [5.41, 5.74) is 7.06. The maximum Gasteiger partial charge on any atom is 0.167 e. The van der Waals surface area contributed by atoms with Crippen LogP contribution in [0.5, 0.6) is 0 Å². The molecule has 1 saturated heterocycles. The van der Waals surface area contributed by atoms with Crippen molar-refractivity contribution in [3.8, 4) is 0 Å². The molecule has 1 fully saturated rings. The summed E-state index contributed by atoms with van der Waals surface area (Å²) in [6.45, 7) is 0.894.